The van der Waals surface area contributed by atoms with Crippen molar-refractivity contribution in [2.24, 2.45) is 10.8 Å². The van der Waals surface area contributed by atoms with Gasteiger partial charge in [-0.3, -0.25) is 15.0 Å². The summed E-state index contributed by atoms with van der Waals surface area (Å²) in [6.07, 6.45) is 1.30. The number of nitrogens with zero attached hydrogens (tertiary/aromatic N) is 3. The van der Waals surface area contributed by atoms with E-state index in [9.17, 15) is 27.7 Å². The molecular formula is C18H22FN7O6S. The van der Waals surface area contributed by atoms with Crippen molar-refractivity contribution in [1.29, 1.82) is 0 Å². The van der Waals surface area contributed by atoms with E-state index < -0.39 is 32.8 Å². The molecule has 0 bridgehead atoms. The summed E-state index contributed by atoms with van der Waals surface area (Å²) in [7, 11) is -4.18. The Hall–Kier alpha value is -3.53. The molecule has 0 aliphatic heterocycles. The average molecular weight is 483 g/mol. The van der Waals surface area contributed by atoms with Crippen LogP contribution in [0.2, 0.25) is 0 Å². The zero-order valence-corrected chi connectivity index (χ0v) is 18.0. The van der Waals surface area contributed by atoms with Crippen LogP contribution >= 0.6 is 0 Å². The van der Waals surface area contributed by atoms with Crippen LogP contribution in [0.25, 0.3) is 11.3 Å². The molecule has 0 unspecified atom stereocenters. The van der Waals surface area contributed by atoms with Gasteiger partial charge in [0.15, 0.2) is 10.9 Å². The van der Waals surface area contributed by atoms with E-state index in [2.05, 4.69) is 20.1 Å². The molecule has 33 heavy (non-hydrogen) atoms. The first-order valence-electron chi connectivity index (χ1n) is 9.48. The second-order valence-electron chi connectivity index (χ2n) is 6.69. The smallest absolute Gasteiger partial charge is 0.261 e. The number of hydroxylamine groups is 1. The molecule has 0 fully saturated rings. The van der Waals surface area contributed by atoms with E-state index >= 15 is 0 Å². The van der Waals surface area contributed by atoms with E-state index in [1.165, 1.54) is 35.8 Å². The van der Waals surface area contributed by atoms with Gasteiger partial charge >= 0.3 is 0 Å². The maximum Gasteiger partial charge on any atom is 0.261 e. The van der Waals surface area contributed by atoms with Crippen LogP contribution in [0.1, 0.15) is 12.8 Å². The normalized spacial score (nSPS) is 12.8. The molecule has 2 aromatic rings. The van der Waals surface area contributed by atoms with Crippen molar-refractivity contribution in [1.82, 2.24) is 20.5 Å². The Balaban J connectivity index is 2.00. The lowest BCUT2D eigenvalue weighted by atomic mass is 10.1. The number of amidine groups is 1. The fourth-order valence-corrected chi connectivity index (χ4v) is 3.90. The van der Waals surface area contributed by atoms with Gasteiger partial charge in [-0.1, -0.05) is 12.1 Å². The van der Waals surface area contributed by atoms with Crippen molar-refractivity contribution in [3.8, 4) is 11.3 Å². The monoisotopic (exact) mass is 483 g/mol. The molecule has 1 amide bonds. The van der Waals surface area contributed by atoms with Gasteiger partial charge < -0.3 is 11.1 Å². The zero-order valence-electron chi connectivity index (χ0n) is 17.1. The number of rotatable bonds is 12. The predicted octanol–water partition coefficient (Wildman–Crippen LogP) is -0.0413. The van der Waals surface area contributed by atoms with E-state index in [0.29, 0.717) is 11.3 Å². The number of nitrogens with one attached hydrogen (secondary N) is 3. The van der Waals surface area contributed by atoms with Crippen LogP contribution < -0.4 is 21.3 Å². The van der Waals surface area contributed by atoms with Gasteiger partial charge in [-0.2, -0.15) is 4.72 Å². The Labute approximate surface area is 188 Å². The molecule has 15 heteroatoms. The largest absolute Gasteiger partial charge is 0.381 e. The van der Waals surface area contributed by atoms with Crippen LogP contribution in [0.3, 0.4) is 0 Å². The number of pyridine rings is 1. The van der Waals surface area contributed by atoms with E-state index in [0.717, 1.165) is 6.20 Å². The highest BCUT2D eigenvalue weighted by atomic mass is 32.2. The highest BCUT2D eigenvalue weighted by molar-refractivity contribution is 7.89. The zero-order chi connectivity index (χ0) is 24.4. The second-order valence-corrected chi connectivity index (χ2v) is 8.40. The molecule has 6 N–H and O–H groups in total. The Morgan fingerprint density at radius 2 is 2.09 bits per heavy atom. The van der Waals surface area contributed by atoms with E-state index in [1.807, 2.05) is 0 Å². The molecule has 1 aromatic carbocycles. The molecule has 0 saturated carbocycles. The maximum absolute atomic E-state index is 13.4. The van der Waals surface area contributed by atoms with Gasteiger partial charge in [0.05, 0.1) is 17.3 Å². The number of carbonyl (C=O) groups is 1. The van der Waals surface area contributed by atoms with Crippen LogP contribution in [0, 0.1) is 15.9 Å². The van der Waals surface area contributed by atoms with E-state index in [-0.39, 0.29) is 36.7 Å². The molecular weight excluding hydrogens is 461 g/mol. The van der Waals surface area contributed by atoms with Gasteiger partial charge in [0.25, 0.3) is 5.91 Å². The van der Waals surface area contributed by atoms with Crippen molar-refractivity contribution in [2.45, 2.75) is 23.8 Å². The Morgan fingerprint density at radius 1 is 1.33 bits per heavy atom. The second kappa shape index (κ2) is 11.9. The van der Waals surface area contributed by atoms with Gasteiger partial charge in [0, 0.05) is 11.8 Å². The third-order valence-electron chi connectivity index (χ3n) is 4.25. The third-order valence-corrected chi connectivity index (χ3v) is 5.71. The fraction of sp³-hybridized carbons (Fsp3) is 0.278. The van der Waals surface area contributed by atoms with Crippen molar-refractivity contribution in [3.05, 3.63) is 58.5 Å². The highest BCUT2D eigenvalue weighted by Gasteiger charge is 2.25. The summed E-state index contributed by atoms with van der Waals surface area (Å²) >= 11 is 0. The first-order chi connectivity index (χ1) is 15.6. The molecule has 0 aliphatic rings. The first-order valence-corrected chi connectivity index (χ1v) is 11.0. The number of nitro groups is 1. The topological polar surface area (TPSA) is 202 Å². The van der Waals surface area contributed by atoms with Crippen LogP contribution in [0.5, 0.6) is 0 Å². The molecule has 1 heterocycles. The molecule has 1 aromatic heterocycles. The quantitative estimate of drug-likeness (QED) is 0.0685. The first kappa shape index (κ1) is 25.7. The molecule has 0 saturated heterocycles. The van der Waals surface area contributed by atoms with E-state index in [4.69, 9.17) is 10.9 Å². The fourth-order valence-electron chi connectivity index (χ4n) is 2.72. The van der Waals surface area contributed by atoms with Gasteiger partial charge in [-0.15, -0.1) is 0 Å². The summed E-state index contributed by atoms with van der Waals surface area (Å²) in [4.78, 5) is 25.9. The van der Waals surface area contributed by atoms with E-state index in [1.54, 1.807) is 6.07 Å². The third kappa shape index (κ3) is 8.15. The Kier molecular flexibility index (Phi) is 9.29. The van der Waals surface area contributed by atoms with Crippen LogP contribution in [0.4, 0.5) is 4.39 Å². The number of nitrogens with two attached hydrogens (primary N) is 1. The van der Waals surface area contributed by atoms with Crippen molar-refractivity contribution >= 4 is 21.8 Å². The summed E-state index contributed by atoms with van der Waals surface area (Å²) in [6.45, 7) is 0.154. The number of hydrogen-bond donors (Lipinski definition) is 5. The van der Waals surface area contributed by atoms with Crippen molar-refractivity contribution in [2.75, 3.05) is 13.1 Å². The minimum absolute atomic E-state index is 0.0142. The van der Waals surface area contributed by atoms with Crippen LogP contribution in [0.15, 0.2) is 52.6 Å². The molecule has 178 valence electrons. The lowest BCUT2D eigenvalue weighted by Gasteiger charge is -2.17. The van der Waals surface area contributed by atoms with Crippen molar-refractivity contribution in [3.63, 3.8) is 0 Å². The van der Waals surface area contributed by atoms with Gasteiger partial charge in [0.1, 0.15) is 16.8 Å². The minimum atomic E-state index is -4.18. The molecule has 0 radical (unpaired) electrons. The maximum atomic E-state index is 13.4. The highest BCUT2D eigenvalue weighted by Crippen LogP contribution is 2.19. The Bertz CT molecular complexity index is 1110. The summed E-state index contributed by atoms with van der Waals surface area (Å²) < 4.78 is 40.9. The number of amides is 1. The number of hydrazone groups is 1. The molecule has 1 atom stereocenters. The lowest BCUT2D eigenvalue weighted by molar-refractivity contribution is -0.485. The minimum Gasteiger partial charge on any atom is -0.381 e. The van der Waals surface area contributed by atoms with Gasteiger partial charge in [-0.05, 0) is 43.7 Å². The summed E-state index contributed by atoms with van der Waals surface area (Å²) in [6, 6.07) is 6.96. The Morgan fingerprint density at radius 3 is 2.70 bits per heavy atom. The van der Waals surface area contributed by atoms with Crippen LogP contribution in [-0.4, -0.2) is 54.5 Å². The molecule has 0 aliphatic carbocycles. The number of halogens is 1. The molecule has 0 spiro atoms. The number of carbonyl (C=O) groups excluding carboxylic acids is 1. The molecule has 13 nitrogen and oxygen atoms in total. The van der Waals surface area contributed by atoms with Crippen molar-refractivity contribution < 1.29 is 27.8 Å². The number of hydrogen-bond acceptors (Lipinski definition) is 8. The van der Waals surface area contributed by atoms with Gasteiger partial charge in [0.2, 0.25) is 10.0 Å². The standard InChI is InChI=1S/C18H22FN7O6S/c19-13-4-1-3-12(9-13)15-7-6-14(10-22-15)33(31,32)25-16(18(27)24-28)5-2-8-21-11-17(20)23-26(29)30/h1,3-4,6-7,9-10,16,21,25,28H,2,5,8,11H2,(H2,20,23)(H,24,27)/t16-/m1/s1. The number of aromatic nitrogens is 1. The van der Waals surface area contributed by atoms with Gasteiger partial charge in [-0.25, -0.2) is 28.4 Å². The lowest BCUT2D eigenvalue weighted by Crippen LogP contribution is -2.46. The summed E-state index contributed by atoms with van der Waals surface area (Å²) in [5, 5.41) is 23.9. The van der Waals surface area contributed by atoms with Crippen LogP contribution in [-0.2, 0) is 14.8 Å². The SMILES string of the molecule is N/C(CNCCC[C@@H](NS(=O)(=O)c1ccc(-c2cccc(F)c2)nc1)C(=O)NO)=N\[N+](=O)[O-]. The predicted molar refractivity (Wildman–Crippen MR) is 114 cm³/mol. The summed E-state index contributed by atoms with van der Waals surface area (Å²) in [5.74, 6) is -1.69. The average Bonchev–Trinajstić information content (AvgIpc) is 2.77. The summed E-state index contributed by atoms with van der Waals surface area (Å²) in [5.41, 5.74) is 7.54. The molecule has 2 rings (SSSR count). The number of benzene rings is 1. The number of sulfonamides is 1.